The Morgan fingerprint density at radius 2 is 1.81 bits per heavy atom. The third-order valence-corrected chi connectivity index (χ3v) is 5.28. The van der Waals surface area contributed by atoms with E-state index in [9.17, 15) is 19.2 Å². The first-order valence-corrected chi connectivity index (χ1v) is 11.4. The first-order valence-electron chi connectivity index (χ1n) is 11.4. The summed E-state index contributed by atoms with van der Waals surface area (Å²) in [6.07, 6.45) is -1.28. The number of nitrogens with two attached hydrogens (primary N) is 1. The molecule has 1 aromatic carbocycles. The molecule has 4 N–H and O–H groups in total. The number of hydrogen-bond donors (Lipinski definition) is 3. The molecule has 192 valence electrons. The second-order valence-corrected chi connectivity index (χ2v) is 7.85. The Balaban J connectivity index is 1.69. The first-order chi connectivity index (χ1) is 17.3. The van der Waals surface area contributed by atoms with E-state index in [1.807, 2.05) is 6.07 Å². The van der Waals surface area contributed by atoms with Crippen molar-refractivity contribution < 1.29 is 33.9 Å². The van der Waals surface area contributed by atoms with Gasteiger partial charge in [0.15, 0.2) is 5.82 Å². The summed E-state index contributed by atoms with van der Waals surface area (Å²) in [7, 11) is 0. The molecule has 1 fully saturated rings. The summed E-state index contributed by atoms with van der Waals surface area (Å²) in [4.78, 5) is 63.8. The summed E-state index contributed by atoms with van der Waals surface area (Å²) >= 11 is 0. The predicted octanol–water partition coefficient (Wildman–Crippen LogP) is 0.921. The van der Waals surface area contributed by atoms with E-state index in [1.165, 1.54) is 16.0 Å². The molecule has 0 bridgehead atoms. The summed E-state index contributed by atoms with van der Waals surface area (Å²) in [5.74, 6) is -1.93. The van der Waals surface area contributed by atoms with Gasteiger partial charge in [0.2, 0.25) is 5.91 Å². The summed E-state index contributed by atoms with van der Waals surface area (Å²) in [6, 6.07) is 9.11. The zero-order chi connectivity index (χ0) is 26.1. The van der Waals surface area contributed by atoms with Crippen LogP contribution >= 0.6 is 0 Å². The number of hydroxylamine groups is 2. The average Bonchev–Trinajstić information content (AvgIpc) is 2.86. The van der Waals surface area contributed by atoms with Gasteiger partial charge in [-0.15, -0.1) is 5.06 Å². The van der Waals surface area contributed by atoms with Crippen molar-refractivity contribution in [1.82, 2.24) is 25.2 Å². The van der Waals surface area contributed by atoms with Crippen LogP contribution < -0.4 is 11.1 Å². The fourth-order valence-corrected chi connectivity index (χ4v) is 3.53. The fourth-order valence-electron chi connectivity index (χ4n) is 3.53. The van der Waals surface area contributed by atoms with Crippen LogP contribution in [-0.4, -0.2) is 87.8 Å². The molecule has 0 saturated carbocycles. The van der Waals surface area contributed by atoms with Crippen LogP contribution in [0.2, 0.25) is 0 Å². The van der Waals surface area contributed by atoms with E-state index in [0.29, 0.717) is 5.56 Å². The largest absolute Gasteiger partial charge is 0.527 e. The maximum Gasteiger partial charge on any atom is 0.527 e. The molecule has 36 heavy (non-hydrogen) atoms. The number of aliphatic carboxylic acids is 1. The maximum atomic E-state index is 13.2. The Labute approximate surface area is 207 Å². The molecule has 1 aliphatic rings. The van der Waals surface area contributed by atoms with Gasteiger partial charge in [-0.2, -0.15) is 0 Å². The number of benzene rings is 1. The second-order valence-electron chi connectivity index (χ2n) is 7.85. The van der Waals surface area contributed by atoms with Crippen molar-refractivity contribution in [3.05, 3.63) is 42.1 Å². The van der Waals surface area contributed by atoms with Crippen molar-refractivity contribution in [3.63, 3.8) is 0 Å². The minimum atomic E-state index is -1.11. The van der Waals surface area contributed by atoms with E-state index < -0.39 is 30.0 Å². The van der Waals surface area contributed by atoms with Gasteiger partial charge in [0, 0.05) is 31.1 Å². The van der Waals surface area contributed by atoms with Gasteiger partial charge in [0.05, 0.1) is 19.7 Å². The number of nitrogens with one attached hydrogen (secondary N) is 1. The van der Waals surface area contributed by atoms with Crippen molar-refractivity contribution in [1.29, 1.82) is 0 Å². The zero-order valence-electron chi connectivity index (χ0n) is 19.8. The molecule has 0 radical (unpaired) electrons. The molecule has 3 rings (SSSR count). The number of carboxylic acids is 1. The second kappa shape index (κ2) is 12.4. The Hall–Kier alpha value is -4.26. The van der Waals surface area contributed by atoms with Crippen LogP contribution in [0.4, 0.5) is 10.6 Å². The molecule has 13 nitrogen and oxygen atoms in total. The van der Waals surface area contributed by atoms with Crippen LogP contribution in [0.1, 0.15) is 30.3 Å². The molecule has 1 aliphatic heterocycles. The average molecular weight is 501 g/mol. The van der Waals surface area contributed by atoms with Gasteiger partial charge < -0.3 is 30.6 Å². The van der Waals surface area contributed by atoms with Gasteiger partial charge in [-0.05, 0) is 13.3 Å². The van der Waals surface area contributed by atoms with Crippen LogP contribution in [0.25, 0.3) is 11.4 Å². The number of rotatable bonds is 9. The molecule has 1 atom stereocenters. The highest BCUT2D eigenvalue weighted by Crippen LogP contribution is 2.17. The lowest BCUT2D eigenvalue weighted by molar-refractivity contribution is -0.157. The summed E-state index contributed by atoms with van der Waals surface area (Å²) < 4.78 is 4.74. The lowest BCUT2D eigenvalue weighted by atomic mass is 10.1. The number of aromatic nitrogens is 2. The smallest absolute Gasteiger partial charge is 0.481 e. The van der Waals surface area contributed by atoms with Gasteiger partial charge in [0.25, 0.3) is 5.91 Å². The van der Waals surface area contributed by atoms with Gasteiger partial charge >= 0.3 is 12.1 Å². The summed E-state index contributed by atoms with van der Waals surface area (Å²) in [5.41, 5.74) is 6.47. The van der Waals surface area contributed by atoms with E-state index >= 15 is 0 Å². The van der Waals surface area contributed by atoms with Crippen LogP contribution in [-0.2, 0) is 19.2 Å². The number of carboxylic acid groups (broad SMARTS) is 1. The Kier molecular flexibility index (Phi) is 9.11. The van der Waals surface area contributed by atoms with Crippen molar-refractivity contribution in [2.45, 2.75) is 25.8 Å². The van der Waals surface area contributed by atoms with E-state index in [2.05, 4.69) is 15.3 Å². The highest BCUT2D eigenvalue weighted by Gasteiger charge is 2.31. The van der Waals surface area contributed by atoms with Crippen LogP contribution in [0, 0.1) is 0 Å². The van der Waals surface area contributed by atoms with E-state index in [4.69, 9.17) is 20.4 Å². The standard InChI is InChI=1S/C23H28N6O7/c1-2-35-23(34)36-29-12-10-28(11-13-29)22(33)16(8-9-19(30)31)26-21(32)17-14-18(24)27-20(25-17)15-6-4-3-5-7-15/h3-7,14,16H,2,8-13H2,1H3,(H,26,32)(H,30,31)(H2,24,25,27)/t16-/m0/s1. The molecule has 0 unspecified atom stereocenters. The molecule has 0 spiro atoms. The number of anilines is 1. The number of piperazine rings is 1. The Morgan fingerprint density at radius 3 is 2.44 bits per heavy atom. The summed E-state index contributed by atoms with van der Waals surface area (Å²) in [5, 5.41) is 13.1. The zero-order valence-corrected chi connectivity index (χ0v) is 19.8. The number of carbonyl (C=O) groups is 4. The van der Waals surface area contributed by atoms with E-state index in [0.717, 1.165) is 0 Å². The highest BCUT2D eigenvalue weighted by molar-refractivity contribution is 5.97. The molecule has 1 saturated heterocycles. The SMILES string of the molecule is CCOC(=O)ON1CCN(C(=O)[C@H](CCC(=O)O)NC(=O)c2cc(N)nc(-c3ccccc3)n2)CC1. The topological polar surface area (TPSA) is 177 Å². The molecular weight excluding hydrogens is 472 g/mol. The van der Waals surface area contributed by atoms with Gasteiger partial charge in [0.1, 0.15) is 17.6 Å². The third-order valence-electron chi connectivity index (χ3n) is 5.28. The molecule has 2 heterocycles. The number of hydrogen-bond acceptors (Lipinski definition) is 10. The normalized spacial score (nSPS) is 14.5. The minimum absolute atomic E-state index is 0.0536. The highest BCUT2D eigenvalue weighted by atomic mass is 16.8. The van der Waals surface area contributed by atoms with E-state index in [1.54, 1.807) is 31.2 Å². The Morgan fingerprint density at radius 1 is 1.11 bits per heavy atom. The molecule has 13 heteroatoms. The monoisotopic (exact) mass is 500 g/mol. The Bertz CT molecular complexity index is 1090. The van der Waals surface area contributed by atoms with E-state index in [-0.39, 0.29) is 63.0 Å². The molecule has 1 aromatic heterocycles. The number of nitrogen functional groups attached to an aromatic ring is 1. The first kappa shape index (κ1) is 26.3. The minimum Gasteiger partial charge on any atom is -0.481 e. The van der Waals surface area contributed by atoms with Crippen LogP contribution in [0.5, 0.6) is 0 Å². The van der Waals surface area contributed by atoms with Crippen LogP contribution in [0.15, 0.2) is 36.4 Å². The van der Waals surface area contributed by atoms with Gasteiger partial charge in [-0.25, -0.2) is 14.8 Å². The number of nitrogens with zero attached hydrogens (tertiary/aromatic N) is 4. The van der Waals surface area contributed by atoms with Crippen LogP contribution in [0.3, 0.4) is 0 Å². The lowest BCUT2D eigenvalue weighted by Crippen LogP contribution is -2.55. The summed E-state index contributed by atoms with van der Waals surface area (Å²) in [6.45, 7) is 2.70. The van der Waals surface area contributed by atoms with Crippen molar-refractivity contribution in [2.75, 3.05) is 38.5 Å². The number of ether oxygens (including phenoxy) is 1. The van der Waals surface area contributed by atoms with Gasteiger partial charge in [-0.1, -0.05) is 30.3 Å². The van der Waals surface area contributed by atoms with Crippen molar-refractivity contribution in [3.8, 4) is 11.4 Å². The maximum absolute atomic E-state index is 13.2. The molecular formula is C23H28N6O7. The quantitative estimate of drug-likeness (QED) is 0.417. The fraction of sp³-hybridized carbons (Fsp3) is 0.391. The third kappa shape index (κ3) is 7.37. The van der Waals surface area contributed by atoms with Gasteiger partial charge in [-0.3, -0.25) is 14.4 Å². The molecule has 2 amide bonds. The lowest BCUT2D eigenvalue weighted by Gasteiger charge is -2.35. The predicted molar refractivity (Wildman–Crippen MR) is 126 cm³/mol. The molecule has 2 aromatic rings. The van der Waals surface area contributed by atoms with Crippen molar-refractivity contribution in [2.24, 2.45) is 0 Å². The number of carbonyl (C=O) groups excluding carboxylic acids is 3. The molecule has 0 aliphatic carbocycles. The number of amides is 2. The van der Waals surface area contributed by atoms with Crippen molar-refractivity contribution >= 4 is 29.8 Å².